The molecule has 0 aliphatic carbocycles. The zero-order valence-electron chi connectivity index (χ0n) is 8.46. The first kappa shape index (κ1) is 10.9. The van der Waals surface area contributed by atoms with Crippen molar-refractivity contribution in [2.45, 2.75) is 20.8 Å². The zero-order chi connectivity index (χ0) is 10.7. The van der Waals surface area contributed by atoms with Crippen molar-refractivity contribution in [1.29, 1.82) is 0 Å². The van der Waals surface area contributed by atoms with E-state index in [0.717, 1.165) is 5.56 Å². The molecule has 0 aliphatic rings. The summed E-state index contributed by atoms with van der Waals surface area (Å²) in [6.07, 6.45) is 0. The minimum Gasteiger partial charge on any atom is -0.450 e. The van der Waals surface area contributed by atoms with Gasteiger partial charge in [-0.15, -0.1) is 0 Å². The van der Waals surface area contributed by atoms with E-state index in [-0.39, 0.29) is 5.78 Å². The molecule has 0 bridgehead atoms. The van der Waals surface area contributed by atoms with Gasteiger partial charge < -0.3 is 4.74 Å². The number of aryl methyl sites for hydroxylation is 1. The van der Waals surface area contributed by atoms with Crippen LogP contribution in [0.4, 0.5) is 0 Å². The summed E-state index contributed by atoms with van der Waals surface area (Å²) in [5.74, 6) is 0.682. The molecule has 0 N–H and O–H groups in total. The van der Waals surface area contributed by atoms with E-state index in [1.165, 1.54) is 6.92 Å². The van der Waals surface area contributed by atoms with Crippen LogP contribution in [0.25, 0.3) is 0 Å². The fourth-order valence-corrected chi connectivity index (χ4v) is 1.17. The molecule has 0 amide bonds. The maximum Gasteiger partial charge on any atom is 0.164 e. The van der Waals surface area contributed by atoms with E-state index < -0.39 is 0 Å². The van der Waals surface area contributed by atoms with E-state index in [9.17, 15) is 4.79 Å². The molecule has 0 saturated carbocycles. The van der Waals surface area contributed by atoms with Crippen molar-refractivity contribution < 1.29 is 9.53 Å². The molecule has 3 heteroatoms. The summed E-state index contributed by atoms with van der Waals surface area (Å²) in [6, 6.07) is 5.35. The number of benzene rings is 1. The maximum absolute atomic E-state index is 11.1. The van der Waals surface area contributed by atoms with Gasteiger partial charge >= 0.3 is 0 Å². The number of carbonyl (C=O) groups excluding carboxylic acids is 1. The summed E-state index contributed by atoms with van der Waals surface area (Å²) in [7, 11) is 0. The number of Topliss-reactive ketones (excluding diaryl/α,β-unsaturated/α-hetero) is 1. The second-order valence-electron chi connectivity index (χ2n) is 3.13. The lowest BCUT2D eigenvalue weighted by Crippen LogP contribution is -2.02. The molecule has 0 heterocycles. The Morgan fingerprint density at radius 1 is 1.36 bits per heavy atom. The minimum absolute atomic E-state index is 0.0249. The molecule has 0 radical (unpaired) electrons. The number of ether oxygens (including phenoxy) is 1. The first-order valence-electron chi connectivity index (χ1n) is 4.30. The van der Waals surface area contributed by atoms with Gasteiger partial charge in [-0.25, -0.2) is 0 Å². The van der Waals surface area contributed by atoms with E-state index in [4.69, 9.17) is 17.0 Å². The van der Waals surface area contributed by atoms with Gasteiger partial charge in [0.2, 0.25) is 0 Å². The smallest absolute Gasteiger partial charge is 0.164 e. The molecule has 1 rings (SSSR count). The number of carbonyl (C=O) groups is 1. The van der Waals surface area contributed by atoms with Gasteiger partial charge in [-0.1, -0.05) is 12.1 Å². The number of thiocarbonyl (C=S) groups is 1. The van der Waals surface area contributed by atoms with Crippen LogP contribution in [0.3, 0.4) is 0 Å². The number of hydrogen-bond donors (Lipinski definition) is 0. The molecular weight excluding hydrogens is 196 g/mol. The van der Waals surface area contributed by atoms with Gasteiger partial charge in [-0.05, 0) is 37.7 Å². The molecule has 0 aromatic heterocycles. The highest BCUT2D eigenvalue weighted by Gasteiger charge is 2.05. The van der Waals surface area contributed by atoms with Crippen LogP contribution in [0.2, 0.25) is 0 Å². The second-order valence-corrected chi connectivity index (χ2v) is 3.71. The van der Waals surface area contributed by atoms with Crippen molar-refractivity contribution in [1.82, 2.24) is 0 Å². The van der Waals surface area contributed by atoms with Gasteiger partial charge in [0.25, 0.3) is 0 Å². The normalized spacial score (nSPS) is 9.64. The molecular formula is C11H12O2S. The van der Waals surface area contributed by atoms with Crippen LogP contribution in [-0.4, -0.2) is 10.8 Å². The van der Waals surface area contributed by atoms with E-state index in [1.807, 2.05) is 13.0 Å². The van der Waals surface area contributed by atoms with Crippen molar-refractivity contribution in [3.8, 4) is 5.75 Å². The molecule has 0 unspecified atom stereocenters. The molecule has 14 heavy (non-hydrogen) atoms. The largest absolute Gasteiger partial charge is 0.450 e. The number of ketones is 1. The van der Waals surface area contributed by atoms with Crippen molar-refractivity contribution in [3.63, 3.8) is 0 Å². The Morgan fingerprint density at radius 3 is 2.50 bits per heavy atom. The third-order valence-electron chi connectivity index (χ3n) is 1.85. The predicted molar refractivity (Wildman–Crippen MR) is 60.1 cm³/mol. The van der Waals surface area contributed by atoms with Crippen LogP contribution < -0.4 is 4.74 Å². The summed E-state index contributed by atoms with van der Waals surface area (Å²) in [4.78, 5) is 11.1. The van der Waals surface area contributed by atoms with Gasteiger partial charge in [0.15, 0.2) is 10.8 Å². The highest BCUT2D eigenvalue weighted by molar-refractivity contribution is 7.80. The lowest BCUT2D eigenvalue weighted by atomic mass is 10.1. The van der Waals surface area contributed by atoms with Crippen LogP contribution in [0.5, 0.6) is 5.75 Å². The van der Waals surface area contributed by atoms with Crippen molar-refractivity contribution >= 4 is 23.1 Å². The van der Waals surface area contributed by atoms with Crippen LogP contribution >= 0.6 is 12.2 Å². The van der Waals surface area contributed by atoms with Gasteiger partial charge in [0, 0.05) is 12.5 Å². The molecule has 2 nitrogen and oxygen atoms in total. The summed E-state index contributed by atoms with van der Waals surface area (Å²) in [5, 5.41) is 0.453. The van der Waals surface area contributed by atoms with Gasteiger partial charge in [-0.3, -0.25) is 4.79 Å². The third-order valence-corrected chi connectivity index (χ3v) is 1.93. The van der Waals surface area contributed by atoms with Gasteiger partial charge in [0.1, 0.15) is 5.75 Å². The molecule has 0 aliphatic heterocycles. The van der Waals surface area contributed by atoms with E-state index in [0.29, 0.717) is 16.4 Å². The average molecular weight is 208 g/mol. The van der Waals surface area contributed by atoms with E-state index in [2.05, 4.69) is 0 Å². The number of hydrogen-bond acceptors (Lipinski definition) is 3. The Morgan fingerprint density at radius 2 is 2.00 bits per heavy atom. The predicted octanol–water partition coefficient (Wildman–Crippen LogP) is 2.92. The Kier molecular flexibility index (Phi) is 3.36. The lowest BCUT2D eigenvalue weighted by Gasteiger charge is -2.07. The van der Waals surface area contributed by atoms with Crippen LogP contribution in [-0.2, 0) is 0 Å². The Labute approximate surface area is 88.9 Å². The Balaban J connectivity index is 3.08. The molecule has 0 atom stereocenters. The topological polar surface area (TPSA) is 26.3 Å². The van der Waals surface area contributed by atoms with E-state index >= 15 is 0 Å². The molecule has 1 aromatic rings. The second kappa shape index (κ2) is 4.33. The number of rotatable bonds is 2. The fraction of sp³-hybridized carbons (Fsp3) is 0.273. The molecule has 74 valence electrons. The lowest BCUT2D eigenvalue weighted by molar-refractivity contribution is 0.101. The fourth-order valence-electron chi connectivity index (χ4n) is 1.08. The molecule has 0 fully saturated rings. The van der Waals surface area contributed by atoms with Crippen LogP contribution in [0.15, 0.2) is 18.2 Å². The highest BCUT2D eigenvalue weighted by atomic mass is 32.1. The van der Waals surface area contributed by atoms with E-state index in [1.54, 1.807) is 19.1 Å². The SMILES string of the molecule is CC(=O)c1ccc(C)c(OC(C)=S)c1. The minimum atomic E-state index is 0.0249. The monoisotopic (exact) mass is 208 g/mol. The first-order valence-corrected chi connectivity index (χ1v) is 4.71. The average Bonchev–Trinajstić information content (AvgIpc) is 2.07. The summed E-state index contributed by atoms with van der Waals surface area (Å²) in [6.45, 7) is 5.14. The molecule has 0 saturated heterocycles. The summed E-state index contributed by atoms with van der Waals surface area (Å²) in [5.41, 5.74) is 1.61. The van der Waals surface area contributed by atoms with Gasteiger partial charge in [0.05, 0.1) is 0 Å². The van der Waals surface area contributed by atoms with Crippen molar-refractivity contribution in [3.05, 3.63) is 29.3 Å². The van der Waals surface area contributed by atoms with Gasteiger partial charge in [-0.2, -0.15) is 0 Å². The standard InChI is InChI=1S/C11H12O2S/c1-7-4-5-10(8(2)12)6-11(7)13-9(3)14/h4-6H,1-3H3. The summed E-state index contributed by atoms with van der Waals surface area (Å²) < 4.78 is 5.32. The molecule has 0 spiro atoms. The first-order chi connectivity index (χ1) is 6.50. The summed E-state index contributed by atoms with van der Waals surface area (Å²) >= 11 is 4.84. The molecule has 1 aromatic carbocycles. The van der Waals surface area contributed by atoms with Crippen molar-refractivity contribution in [2.24, 2.45) is 0 Å². The highest BCUT2D eigenvalue weighted by Crippen LogP contribution is 2.20. The quantitative estimate of drug-likeness (QED) is 0.552. The Bertz CT molecular complexity index is 383. The zero-order valence-corrected chi connectivity index (χ0v) is 9.27. The van der Waals surface area contributed by atoms with Crippen LogP contribution in [0, 0.1) is 6.92 Å². The third kappa shape index (κ3) is 2.64. The van der Waals surface area contributed by atoms with Crippen molar-refractivity contribution in [2.75, 3.05) is 0 Å². The van der Waals surface area contributed by atoms with Crippen LogP contribution in [0.1, 0.15) is 29.8 Å². The Hall–Kier alpha value is -1.22. The maximum atomic E-state index is 11.1.